The summed E-state index contributed by atoms with van der Waals surface area (Å²) in [7, 11) is 0. The molecule has 1 aromatic rings. The Balaban J connectivity index is 1.83. The average molecular weight is 347 g/mol. The van der Waals surface area contributed by atoms with Gasteiger partial charge in [0.2, 0.25) is 0 Å². The number of hydrogen-bond acceptors (Lipinski definition) is 4. The molecular formula is C14H20BrFN2O2. The van der Waals surface area contributed by atoms with Gasteiger partial charge in [0.05, 0.1) is 23.8 Å². The third kappa shape index (κ3) is 4.41. The van der Waals surface area contributed by atoms with Crippen LogP contribution in [0.5, 0.6) is 0 Å². The summed E-state index contributed by atoms with van der Waals surface area (Å²) < 4.78 is 19.2. The number of benzene rings is 1. The third-order valence-electron chi connectivity index (χ3n) is 3.37. The van der Waals surface area contributed by atoms with Gasteiger partial charge in [0.1, 0.15) is 5.82 Å². The Morgan fingerprint density at radius 2 is 2.15 bits per heavy atom. The smallest absolute Gasteiger partial charge is 0.139 e. The molecule has 6 heteroatoms. The first-order chi connectivity index (χ1) is 9.56. The van der Waals surface area contributed by atoms with Gasteiger partial charge in [-0.15, -0.1) is 0 Å². The molecule has 0 aromatic heterocycles. The number of nitrogens with zero attached hydrogens (tertiary/aromatic N) is 1. The van der Waals surface area contributed by atoms with Gasteiger partial charge in [0, 0.05) is 31.9 Å². The van der Waals surface area contributed by atoms with Gasteiger partial charge in [-0.25, -0.2) is 4.39 Å². The lowest BCUT2D eigenvalue weighted by Gasteiger charge is -2.28. The molecule has 0 saturated carbocycles. The van der Waals surface area contributed by atoms with Crippen LogP contribution in [0.2, 0.25) is 0 Å². The van der Waals surface area contributed by atoms with Crippen LogP contribution in [0.1, 0.15) is 5.56 Å². The number of β-amino-alcohol motifs (C(OH)–C–C–N with tert-alkyl or cyclic N) is 1. The normalized spacial score (nSPS) is 18.0. The fourth-order valence-electron chi connectivity index (χ4n) is 2.21. The predicted molar refractivity (Wildman–Crippen MR) is 80.6 cm³/mol. The number of aryl methyl sites for hydroxylation is 1. The third-order valence-corrected chi connectivity index (χ3v) is 3.98. The van der Waals surface area contributed by atoms with Gasteiger partial charge in [-0.2, -0.15) is 0 Å². The van der Waals surface area contributed by atoms with Crippen molar-refractivity contribution in [1.29, 1.82) is 0 Å². The van der Waals surface area contributed by atoms with Gasteiger partial charge in [0.15, 0.2) is 0 Å². The second-order valence-electron chi connectivity index (χ2n) is 5.03. The van der Waals surface area contributed by atoms with Crippen molar-refractivity contribution in [3.05, 3.63) is 28.0 Å². The molecule has 2 N–H and O–H groups in total. The number of halogens is 2. The Morgan fingerprint density at radius 3 is 2.85 bits per heavy atom. The molecule has 0 bridgehead atoms. The topological polar surface area (TPSA) is 44.7 Å². The van der Waals surface area contributed by atoms with Crippen LogP contribution in [0.15, 0.2) is 16.6 Å². The minimum absolute atomic E-state index is 0.305. The van der Waals surface area contributed by atoms with Crippen molar-refractivity contribution in [2.75, 3.05) is 44.7 Å². The summed E-state index contributed by atoms with van der Waals surface area (Å²) >= 11 is 3.16. The van der Waals surface area contributed by atoms with Gasteiger partial charge in [0.25, 0.3) is 0 Å². The Morgan fingerprint density at radius 1 is 1.45 bits per heavy atom. The predicted octanol–water partition coefficient (Wildman–Crippen LogP) is 2.00. The number of rotatable bonds is 5. The number of aliphatic hydroxyl groups excluding tert-OH is 1. The maximum absolute atomic E-state index is 13.5. The minimum atomic E-state index is -0.487. The first-order valence-electron chi connectivity index (χ1n) is 6.74. The standard InChI is InChI=1S/C14H20BrFN2O2/c1-10-6-12(15)13(16)7-14(10)17-8-11(19)9-18-2-4-20-5-3-18/h6-7,11,17,19H,2-5,8-9H2,1H3. The summed E-state index contributed by atoms with van der Waals surface area (Å²) in [4.78, 5) is 2.17. The quantitative estimate of drug-likeness (QED) is 0.855. The zero-order chi connectivity index (χ0) is 14.5. The molecule has 1 atom stereocenters. The van der Waals surface area contributed by atoms with Crippen molar-refractivity contribution in [3.63, 3.8) is 0 Å². The average Bonchev–Trinajstić information content (AvgIpc) is 2.42. The maximum atomic E-state index is 13.5. The molecule has 2 rings (SSSR count). The van der Waals surface area contributed by atoms with E-state index < -0.39 is 6.10 Å². The highest BCUT2D eigenvalue weighted by molar-refractivity contribution is 9.10. The van der Waals surface area contributed by atoms with Gasteiger partial charge < -0.3 is 15.2 Å². The number of anilines is 1. The second kappa shape index (κ2) is 7.36. The zero-order valence-corrected chi connectivity index (χ0v) is 13.1. The van der Waals surface area contributed by atoms with Gasteiger partial charge in [-0.3, -0.25) is 4.90 Å². The Labute approximate surface area is 127 Å². The van der Waals surface area contributed by atoms with Crippen molar-refractivity contribution < 1.29 is 14.2 Å². The van der Waals surface area contributed by atoms with Gasteiger partial charge >= 0.3 is 0 Å². The summed E-state index contributed by atoms with van der Waals surface area (Å²) in [5.74, 6) is -0.305. The number of nitrogens with one attached hydrogen (secondary N) is 1. The lowest BCUT2D eigenvalue weighted by atomic mass is 10.2. The molecular weight excluding hydrogens is 327 g/mol. The summed E-state index contributed by atoms with van der Waals surface area (Å²) in [6, 6.07) is 3.17. The zero-order valence-electron chi connectivity index (χ0n) is 11.5. The molecule has 1 unspecified atom stereocenters. The van der Waals surface area contributed by atoms with Crippen LogP contribution in [-0.2, 0) is 4.74 Å². The van der Waals surface area contributed by atoms with E-state index in [0.717, 1.165) is 31.9 Å². The lowest BCUT2D eigenvalue weighted by Crippen LogP contribution is -2.42. The molecule has 1 saturated heterocycles. The second-order valence-corrected chi connectivity index (χ2v) is 5.88. The van der Waals surface area contributed by atoms with E-state index in [0.29, 0.717) is 23.2 Å². The summed E-state index contributed by atoms with van der Waals surface area (Å²) in [6.07, 6.45) is -0.487. The molecule has 112 valence electrons. The number of morpholine rings is 1. The summed E-state index contributed by atoms with van der Waals surface area (Å²) in [6.45, 7) is 6.05. The molecule has 1 aromatic carbocycles. The molecule has 0 amide bonds. The van der Waals surface area contributed by atoms with E-state index in [1.54, 1.807) is 6.07 Å². The molecule has 0 aliphatic carbocycles. The van der Waals surface area contributed by atoms with Crippen molar-refractivity contribution in [3.8, 4) is 0 Å². The van der Waals surface area contributed by atoms with E-state index in [4.69, 9.17) is 4.74 Å². The van der Waals surface area contributed by atoms with Crippen molar-refractivity contribution in [2.24, 2.45) is 0 Å². The van der Waals surface area contributed by atoms with Crippen molar-refractivity contribution in [1.82, 2.24) is 4.90 Å². The summed E-state index contributed by atoms with van der Waals surface area (Å²) in [5.41, 5.74) is 1.66. The fraction of sp³-hybridized carbons (Fsp3) is 0.571. The van der Waals surface area contributed by atoms with E-state index >= 15 is 0 Å². The molecule has 0 spiro atoms. The molecule has 1 aliphatic heterocycles. The number of ether oxygens (including phenoxy) is 1. The van der Waals surface area contributed by atoms with Crippen LogP contribution in [0.3, 0.4) is 0 Å². The maximum Gasteiger partial charge on any atom is 0.139 e. The van der Waals surface area contributed by atoms with E-state index in [1.807, 2.05) is 6.92 Å². The monoisotopic (exact) mass is 346 g/mol. The fourth-order valence-corrected chi connectivity index (χ4v) is 2.67. The first-order valence-corrected chi connectivity index (χ1v) is 7.53. The highest BCUT2D eigenvalue weighted by Gasteiger charge is 2.15. The van der Waals surface area contributed by atoms with Gasteiger partial charge in [-0.05, 0) is 40.5 Å². The Hall–Kier alpha value is -0.690. The number of aliphatic hydroxyl groups is 1. The Bertz CT molecular complexity index is 453. The number of hydrogen-bond donors (Lipinski definition) is 2. The molecule has 1 fully saturated rings. The van der Waals surface area contributed by atoms with Crippen LogP contribution in [0, 0.1) is 12.7 Å². The van der Waals surface area contributed by atoms with Crippen molar-refractivity contribution >= 4 is 21.6 Å². The van der Waals surface area contributed by atoms with Crippen LogP contribution in [0.4, 0.5) is 10.1 Å². The van der Waals surface area contributed by atoms with Gasteiger partial charge in [-0.1, -0.05) is 0 Å². The van der Waals surface area contributed by atoms with Crippen LogP contribution in [-0.4, -0.2) is 55.5 Å². The Kier molecular flexibility index (Phi) is 5.77. The highest BCUT2D eigenvalue weighted by atomic mass is 79.9. The van der Waals surface area contributed by atoms with Crippen LogP contribution >= 0.6 is 15.9 Å². The van der Waals surface area contributed by atoms with Crippen LogP contribution < -0.4 is 5.32 Å². The molecule has 0 radical (unpaired) electrons. The SMILES string of the molecule is Cc1cc(Br)c(F)cc1NCC(O)CN1CCOCC1. The largest absolute Gasteiger partial charge is 0.390 e. The molecule has 4 nitrogen and oxygen atoms in total. The lowest BCUT2D eigenvalue weighted by molar-refractivity contribution is 0.0171. The van der Waals surface area contributed by atoms with E-state index in [1.165, 1.54) is 6.07 Å². The highest BCUT2D eigenvalue weighted by Crippen LogP contribution is 2.23. The first kappa shape index (κ1) is 15.7. The molecule has 1 aliphatic rings. The molecule has 20 heavy (non-hydrogen) atoms. The van der Waals surface area contributed by atoms with Crippen molar-refractivity contribution in [2.45, 2.75) is 13.0 Å². The minimum Gasteiger partial charge on any atom is -0.390 e. The van der Waals surface area contributed by atoms with E-state index in [2.05, 4.69) is 26.1 Å². The molecule has 1 heterocycles. The van der Waals surface area contributed by atoms with E-state index in [-0.39, 0.29) is 5.82 Å². The summed E-state index contributed by atoms with van der Waals surface area (Å²) in [5, 5.41) is 13.1. The van der Waals surface area contributed by atoms with Crippen LogP contribution in [0.25, 0.3) is 0 Å². The van der Waals surface area contributed by atoms with E-state index in [9.17, 15) is 9.50 Å².